The zero-order valence-electron chi connectivity index (χ0n) is 7.16. The van der Waals surface area contributed by atoms with E-state index in [4.69, 9.17) is 12.2 Å². The number of nitrogens with one attached hydrogen (secondary N) is 2. The van der Waals surface area contributed by atoms with Gasteiger partial charge in [-0.05, 0) is 24.4 Å². The Morgan fingerprint density at radius 3 is 3.08 bits per heavy atom. The third kappa shape index (κ3) is 3.66. The summed E-state index contributed by atoms with van der Waals surface area (Å²) in [5, 5.41) is 6.44. The predicted octanol–water partition coefficient (Wildman–Crippen LogP) is 1.55. The molecule has 68 valence electrons. The standard InChI is InChI=1S/C9H11N3S/c1-2-6-11-9(13)12-8-5-3-4-7-10-8/h2-5,7H,1,6H2,(H2,10,11,12,13). The molecular weight excluding hydrogens is 182 g/mol. The molecule has 1 aromatic rings. The van der Waals surface area contributed by atoms with Crippen LogP contribution in [0.1, 0.15) is 0 Å². The molecule has 0 radical (unpaired) electrons. The van der Waals surface area contributed by atoms with Gasteiger partial charge in [0.15, 0.2) is 5.11 Å². The van der Waals surface area contributed by atoms with Crippen LogP contribution in [-0.2, 0) is 0 Å². The quantitative estimate of drug-likeness (QED) is 0.564. The number of aromatic nitrogens is 1. The minimum Gasteiger partial charge on any atom is -0.359 e. The Morgan fingerprint density at radius 1 is 1.62 bits per heavy atom. The number of hydrogen-bond acceptors (Lipinski definition) is 2. The van der Waals surface area contributed by atoms with Crippen molar-refractivity contribution in [1.82, 2.24) is 10.3 Å². The lowest BCUT2D eigenvalue weighted by Crippen LogP contribution is -2.28. The summed E-state index contributed by atoms with van der Waals surface area (Å²) in [6.07, 6.45) is 3.45. The Kier molecular flexibility index (Phi) is 3.92. The van der Waals surface area contributed by atoms with Gasteiger partial charge in [-0.25, -0.2) is 4.98 Å². The van der Waals surface area contributed by atoms with E-state index in [-0.39, 0.29) is 0 Å². The molecule has 4 heteroatoms. The number of thiocarbonyl (C=S) groups is 1. The summed E-state index contributed by atoms with van der Waals surface area (Å²) in [4.78, 5) is 4.06. The summed E-state index contributed by atoms with van der Waals surface area (Å²) in [5.74, 6) is 0.740. The van der Waals surface area contributed by atoms with Crippen molar-refractivity contribution in [1.29, 1.82) is 0 Å². The predicted molar refractivity (Wildman–Crippen MR) is 58.7 cm³/mol. The van der Waals surface area contributed by atoms with Gasteiger partial charge in [0.2, 0.25) is 0 Å². The molecule has 3 nitrogen and oxygen atoms in total. The Bertz CT molecular complexity index is 284. The fourth-order valence-corrected chi connectivity index (χ4v) is 0.950. The van der Waals surface area contributed by atoms with E-state index in [0.717, 1.165) is 5.82 Å². The first kappa shape index (κ1) is 9.67. The molecule has 0 unspecified atom stereocenters. The lowest BCUT2D eigenvalue weighted by molar-refractivity contribution is 1.06. The van der Waals surface area contributed by atoms with Crippen LogP contribution in [0.5, 0.6) is 0 Å². The van der Waals surface area contributed by atoms with Crippen LogP contribution < -0.4 is 10.6 Å². The second kappa shape index (κ2) is 5.27. The lowest BCUT2D eigenvalue weighted by atomic mass is 10.5. The highest BCUT2D eigenvalue weighted by Gasteiger charge is 1.94. The van der Waals surface area contributed by atoms with Gasteiger partial charge in [0.05, 0.1) is 0 Å². The van der Waals surface area contributed by atoms with Crippen molar-refractivity contribution in [2.75, 3.05) is 11.9 Å². The van der Waals surface area contributed by atoms with Crippen molar-refractivity contribution in [3.63, 3.8) is 0 Å². The van der Waals surface area contributed by atoms with Crippen molar-refractivity contribution >= 4 is 23.1 Å². The van der Waals surface area contributed by atoms with Gasteiger partial charge in [-0.2, -0.15) is 0 Å². The van der Waals surface area contributed by atoms with Gasteiger partial charge in [0.1, 0.15) is 5.82 Å². The normalized spacial score (nSPS) is 8.92. The zero-order valence-corrected chi connectivity index (χ0v) is 7.97. The summed E-state index contributed by atoms with van der Waals surface area (Å²) in [5.41, 5.74) is 0. The summed E-state index contributed by atoms with van der Waals surface area (Å²) >= 11 is 4.99. The molecule has 0 spiro atoms. The average molecular weight is 193 g/mol. The Labute approximate surface area is 82.9 Å². The van der Waals surface area contributed by atoms with Crippen LogP contribution >= 0.6 is 12.2 Å². The van der Waals surface area contributed by atoms with E-state index in [1.165, 1.54) is 0 Å². The summed E-state index contributed by atoms with van der Waals surface area (Å²) in [6, 6.07) is 5.60. The van der Waals surface area contributed by atoms with E-state index < -0.39 is 0 Å². The molecule has 13 heavy (non-hydrogen) atoms. The number of anilines is 1. The molecule has 0 aliphatic rings. The van der Waals surface area contributed by atoms with Gasteiger partial charge >= 0.3 is 0 Å². The molecule has 0 atom stereocenters. The minimum atomic E-state index is 0.554. The topological polar surface area (TPSA) is 37.0 Å². The highest BCUT2D eigenvalue weighted by Crippen LogP contribution is 1.98. The maximum Gasteiger partial charge on any atom is 0.172 e. The van der Waals surface area contributed by atoms with Crippen LogP contribution in [-0.4, -0.2) is 16.6 Å². The number of hydrogen-bond donors (Lipinski definition) is 2. The maximum atomic E-state index is 4.99. The van der Waals surface area contributed by atoms with Crippen molar-refractivity contribution in [2.45, 2.75) is 0 Å². The van der Waals surface area contributed by atoms with E-state index >= 15 is 0 Å². The van der Waals surface area contributed by atoms with Crippen molar-refractivity contribution in [3.8, 4) is 0 Å². The monoisotopic (exact) mass is 193 g/mol. The van der Waals surface area contributed by atoms with E-state index in [1.807, 2.05) is 18.2 Å². The van der Waals surface area contributed by atoms with E-state index in [2.05, 4.69) is 22.2 Å². The molecule has 0 bridgehead atoms. The molecule has 0 amide bonds. The number of pyridine rings is 1. The first-order valence-corrected chi connectivity index (χ1v) is 4.30. The van der Waals surface area contributed by atoms with Crippen molar-refractivity contribution < 1.29 is 0 Å². The first-order valence-electron chi connectivity index (χ1n) is 3.89. The average Bonchev–Trinajstić information content (AvgIpc) is 2.16. The van der Waals surface area contributed by atoms with Gasteiger partial charge in [-0.15, -0.1) is 6.58 Å². The van der Waals surface area contributed by atoms with Crippen LogP contribution in [0.2, 0.25) is 0 Å². The van der Waals surface area contributed by atoms with E-state index in [9.17, 15) is 0 Å². The second-order valence-electron chi connectivity index (χ2n) is 2.34. The second-order valence-corrected chi connectivity index (χ2v) is 2.75. The van der Waals surface area contributed by atoms with Crippen LogP contribution in [0.4, 0.5) is 5.82 Å². The third-order valence-corrected chi connectivity index (χ3v) is 1.56. The lowest BCUT2D eigenvalue weighted by Gasteiger charge is -2.06. The van der Waals surface area contributed by atoms with Crippen molar-refractivity contribution in [3.05, 3.63) is 37.1 Å². The summed E-state index contributed by atoms with van der Waals surface area (Å²) in [6.45, 7) is 4.23. The molecule has 0 saturated carbocycles. The molecule has 0 aromatic carbocycles. The molecule has 0 fully saturated rings. The first-order chi connectivity index (χ1) is 6.33. The van der Waals surface area contributed by atoms with Gasteiger partial charge in [0.25, 0.3) is 0 Å². The largest absolute Gasteiger partial charge is 0.359 e. The summed E-state index contributed by atoms with van der Waals surface area (Å²) < 4.78 is 0. The molecule has 0 aliphatic heterocycles. The molecule has 1 rings (SSSR count). The fraction of sp³-hybridized carbons (Fsp3) is 0.111. The Balaban J connectivity index is 2.41. The molecule has 0 aliphatic carbocycles. The highest BCUT2D eigenvalue weighted by atomic mass is 32.1. The van der Waals surface area contributed by atoms with Crippen LogP contribution in [0.15, 0.2) is 37.1 Å². The molecule has 2 N–H and O–H groups in total. The summed E-state index contributed by atoms with van der Waals surface area (Å²) in [7, 11) is 0. The molecular formula is C9H11N3S. The highest BCUT2D eigenvalue weighted by molar-refractivity contribution is 7.80. The molecule has 0 saturated heterocycles. The van der Waals surface area contributed by atoms with E-state index in [1.54, 1.807) is 12.3 Å². The van der Waals surface area contributed by atoms with Crippen molar-refractivity contribution in [2.24, 2.45) is 0 Å². The minimum absolute atomic E-state index is 0.554. The van der Waals surface area contributed by atoms with E-state index in [0.29, 0.717) is 11.7 Å². The van der Waals surface area contributed by atoms with Crippen LogP contribution in [0, 0.1) is 0 Å². The van der Waals surface area contributed by atoms with Crippen LogP contribution in [0.3, 0.4) is 0 Å². The smallest absolute Gasteiger partial charge is 0.172 e. The number of rotatable bonds is 3. The van der Waals surface area contributed by atoms with Gasteiger partial charge in [0, 0.05) is 12.7 Å². The molecule has 1 heterocycles. The van der Waals surface area contributed by atoms with Crippen LogP contribution in [0.25, 0.3) is 0 Å². The zero-order chi connectivity index (χ0) is 9.52. The van der Waals surface area contributed by atoms with Gasteiger partial charge in [-0.1, -0.05) is 12.1 Å². The Hall–Kier alpha value is -1.42. The fourth-order valence-electron chi connectivity index (χ4n) is 0.762. The third-order valence-electron chi connectivity index (χ3n) is 1.31. The Morgan fingerprint density at radius 2 is 2.46 bits per heavy atom. The SMILES string of the molecule is C=CCNC(=S)Nc1ccccn1. The molecule has 1 aromatic heterocycles. The number of nitrogens with zero attached hydrogens (tertiary/aromatic N) is 1. The maximum absolute atomic E-state index is 4.99. The van der Waals surface area contributed by atoms with Gasteiger partial charge in [-0.3, -0.25) is 0 Å². The van der Waals surface area contributed by atoms with Gasteiger partial charge < -0.3 is 10.6 Å².